The Bertz CT molecular complexity index is 656. The molecule has 0 spiro atoms. The average molecular weight is 250 g/mol. The van der Waals surface area contributed by atoms with Gasteiger partial charge in [-0.2, -0.15) is 0 Å². The predicted octanol–water partition coefficient (Wildman–Crippen LogP) is 2.20. The number of quaternary nitrogens is 1. The Hall–Kier alpha value is -2.19. The summed E-state index contributed by atoms with van der Waals surface area (Å²) in [6.45, 7) is 2.16. The summed E-state index contributed by atoms with van der Waals surface area (Å²) in [5.74, 6) is 0.0532. The summed E-state index contributed by atoms with van der Waals surface area (Å²) in [5, 5.41) is 0. The maximum absolute atomic E-state index is 11.1. The Balaban J connectivity index is 2.06. The zero-order chi connectivity index (χ0) is 13.4. The molecule has 1 aliphatic carbocycles. The Kier molecular flexibility index (Phi) is 2.80. The van der Waals surface area contributed by atoms with Gasteiger partial charge in [0.05, 0.1) is 7.05 Å². The molecule has 1 heterocycles. The first-order valence-corrected chi connectivity index (χ1v) is 6.43. The van der Waals surface area contributed by atoms with Crippen molar-refractivity contribution in [3.05, 3.63) is 71.5 Å². The molecule has 0 fully saturated rings. The van der Waals surface area contributed by atoms with Gasteiger partial charge in [-0.15, -0.1) is 0 Å². The van der Waals surface area contributed by atoms with Gasteiger partial charge in [-0.1, -0.05) is 24.3 Å². The van der Waals surface area contributed by atoms with Crippen LogP contribution in [0.1, 0.15) is 12.5 Å². The Morgan fingerprint density at radius 1 is 1.05 bits per heavy atom. The molecule has 0 saturated carbocycles. The van der Waals surface area contributed by atoms with E-state index in [0.717, 1.165) is 5.57 Å². The van der Waals surface area contributed by atoms with E-state index in [1.54, 1.807) is 12.2 Å². The Morgan fingerprint density at radius 3 is 2.47 bits per heavy atom. The lowest BCUT2D eigenvalue weighted by Gasteiger charge is -2.06. The van der Waals surface area contributed by atoms with Crippen molar-refractivity contribution in [2.24, 2.45) is 0 Å². The van der Waals surface area contributed by atoms with Crippen molar-refractivity contribution in [3.8, 4) is 0 Å². The highest BCUT2D eigenvalue weighted by molar-refractivity contribution is 6.01. The van der Waals surface area contributed by atoms with E-state index in [2.05, 4.69) is 44.3 Å². The fourth-order valence-electron chi connectivity index (χ4n) is 2.57. The molecule has 1 atom stereocenters. The van der Waals surface area contributed by atoms with Crippen LogP contribution in [0.4, 0.5) is 5.69 Å². The summed E-state index contributed by atoms with van der Waals surface area (Å²) in [5.41, 5.74) is 6.23. The maximum atomic E-state index is 11.1. The van der Waals surface area contributed by atoms with E-state index in [4.69, 9.17) is 0 Å². The first kappa shape index (κ1) is 11.9. The summed E-state index contributed by atoms with van der Waals surface area (Å²) in [4.78, 5) is 12.5. The third-order valence-corrected chi connectivity index (χ3v) is 3.78. The van der Waals surface area contributed by atoms with Gasteiger partial charge in [-0.05, 0) is 29.9 Å². The number of allylic oxidation sites excluding steroid dienone is 8. The van der Waals surface area contributed by atoms with Gasteiger partial charge in [0, 0.05) is 24.1 Å². The van der Waals surface area contributed by atoms with Gasteiger partial charge in [0.2, 0.25) is 0 Å². The van der Waals surface area contributed by atoms with Crippen LogP contribution in [0, 0.1) is 0 Å². The van der Waals surface area contributed by atoms with Crippen LogP contribution in [0.5, 0.6) is 0 Å². The number of rotatable bonds is 1. The Morgan fingerprint density at radius 2 is 1.74 bits per heavy atom. The van der Waals surface area contributed by atoms with E-state index < -0.39 is 0 Å². The minimum absolute atomic E-state index is 0.0532. The number of para-hydroxylation sites is 1. The van der Waals surface area contributed by atoms with Gasteiger partial charge in [0.15, 0.2) is 5.78 Å². The predicted molar refractivity (Wildman–Crippen MR) is 77.0 cm³/mol. The van der Waals surface area contributed by atoms with E-state index >= 15 is 0 Å². The van der Waals surface area contributed by atoms with Crippen molar-refractivity contribution in [1.82, 2.24) is 0 Å². The second-order valence-corrected chi connectivity index (χ2v) is 4.92. The van der Waals surface area contributed by atoms with Gasteiger partial charge in [0.1, 0.15) is 11.4 Å². The van der Waals surface area contributed by atoms with Crippen molar-refractivity contribution in [1.29, 1.82) is 0 Å². The summed E-state index contributed by atoms with van der Waals surface area (Å²) >= 11 is 0. The van der Waals surface area contributed by atoms with E-state index in [0.29, 0.717) is 0 Å². The van der Waals surface area contributed by atoms with E-state index in [1.165, 1.54) is 27.4 Å². The highest BCUT2D eigenvalue weighted by atomic mass is 16.1. The number of ketones is 1. The standard InChI is InChI=1S/C17H15NO/c1-12-16(11-13-7-9-14(19)10-8-13)15-5-3-4-6-17(15)18(12)2/h3-11H,1-2H3/p+1. The van der Waals surface area contributed by atoms with Gasteiger partial charge in [0.25, 0.3) is 0 Å². The zero-order valence-electron chi connectivity index (χ0n) is 11.1. The van der Waals surface area contributed by atoms with E-state index in [1.807, 2.05) is 12.2 Å². The molecule has 2 nitrogen and oxygen atoms in total. The largest absolute Gasteiger partial charge is 0.290 e. The molecule has 1 unspecified atom stereocenters. The van der Waals surface area contributed by atoms with Crippen LogP contribution >= 0.6 is 0 Å². The molecule has 3 rings (SSSR count). The molecule has 1 N–H and O–H groups in total. The minimum Gasteiger partial charge on any atom is -0.290 e. The second-order valence-electron chi connectivity index (χ2n) is 4.92. The number of carbonyl (C=O) groups is 1. The lowest BCUT2D eigenvalue weighted by Crippen LogP contribution is -3.00. The summed E-state index contributed by atoms with van der Waals surface area (Å²) in [6.07, 6.45) is 9.13. The SMILES string of the molecule is CC1=C(C=C2C=CC(=O)C=C2)c2ccccc2[NH+]1C. The average Bonchev–Trinajstić information content (AvgIpc) is 2.67. The molecule has 1 aromatic rings. The summed E-state index contributed by atoms with van der Waals surface area (Å²) in [7, 11) is 2.16. The normalized spacial score (nSPS) is 21.1. The second kappa shape index (κ2) is 4.48. The molecular formula is C17H16NO+. The fraction of sp³-hybridized carbons (Fsp3) is 0.118. The fourth-order valence-corrected chi connectivity index (χ4v) is 2.57. The van der Waals surface area contributed by atoms with Crippen molar-refractivity contribution in [2.75, 3.05) is 7.05 Å². The van der Waals surface area contributed by atoms with Gasteiger partial charge < -0.3 is 0 Å². The van der Waals surface area contributed by atoms with Crippen LogP contribution in [-0.4, -0.2) is 12.8 Å². The van der Waals surface area contributed by atoms with E-state index in [9.17, 15) is 4.79 Å². The lowest BCUT2D eigenvalue weighted by molar-refractivity contribution is -0.762. The molecule has 94 valence electrons. The van der Waals surface area contributed by atoms with Crippen molar-refractivity contribution in [3.63, 3.8) is 0 Å². The number of hydrogen-bond donors (Lipinski definition) is 1. The molecule has 19 heavy (non-hydrogen) atoms. The maximum Gasteiger partial charge on any atom is 0.178 e. The first-order valence-electron chi connectivity index (χ1n) is 6.43. The number of carbonyl (C=O) groups excluding carboxylic acids is 1. The highest BCUT2D eigenvalue weighted by Crippen LogP contribution is 2.30. The number of nitrogens with one attached hydrogen (secondary N) is 1. The zero-order valence-corrected chi connectivity index (χ0v) is 11.1. The molecule has 2 aliphatic rings. The topological polar surface area (TPSA) is 21.5 Å². The molecule has 0 bridgehead atoms. The van der Waals surface area contributed by atoms with Crippen molar-refractivity contribution >= 4 is 17.0 Å². The van der Waals surface area contributed by atoms with Crippen LogP contribution in [0.2, 0.25) is 0 Å². The number of hydrogen-bond acceptors (Lipinski definition) is 1. The molecule has 0 aromatic heterocycles. The molecule has 2 heteroatoms. The molecule has 0 saturated heterocycles. The summed E-state index contributed by atoms with van der Waals surface area (Å²) < 4.78 is 0. The molecular weight excluding hydrogens is 234 g/mol. The van der Waals surface area contributed by atoms with Crippen LogP contribution in [0.15, 0.2) is 65.9 Å². The van der Waals surface area contributed by atoms with Gasteiger partial charge in [-0.3, -0.25) is 9.69 Å². The smallest absolute Gasteiger partial charge is 0.178 e. The van der Waals surface area contributed by atoms with Gasteiger partial charge in [-0.25, -0.2) is 0 Å². The van der Waals surface area contributed by atoms with Crippen LogP contribution in [0.3, 0.4) is 0 Å². The van der Waals surface area contributed by atoms with Crippen molar-refractivity contribution in [2.45, 2.75) is 6.92 Å². The summed E-state index contributed by atoms with van der Waals surface area (Å²) in [6, 6.07) is 8.46. The van der Waals surface area contributed by atoms with Crippen LogP contribution < -0.4 is 4.90 Å². The minimum atomic E-state index is 0.0532. The molecule has 0 radical (unpaired) electrons. The molecule has 1 aromatic carbocycles. The quantitative estimate of drug-likeness (QED) is 0.810. The van der Waals surface area contributed by atoms with Crippen LogP contribution in [-0.2, 0) is 4.79 Å². The molecule has 1 aliphatic heterocycles. The lowest BCUT2D eigenvalue weighted by atomic mass is 10.0. The van der Waals surface area contributed by atoms with E-state index in [-0.39, 0.29) is 5.78 Å². The number of fused-ring (bicyclic) bond motifs is 1. The molecule has 0 amide bonds. The van der Waals surface area contributed by atoms with Crippen LogP contribution in [0.25, 0.3) is 5.57 Å². The van der Waals surface area contributed by atoms with Gasteiger partial charge >= 0.3 is 0 Å². The first-order chi connectivity index (χ1) is 9.16. The highest BCUT2D eigenvalue weighted by Gasteiger charge is 2.27. The Labute approximate surface area is 113 Å². The monoisotopic (exact) mass is 250 g/mol. The third kappa shape index (κ3) is 2.00. The van der Waals surface area contributed by atoms with Crippen molar-refractivity contribution < 1.29 is 9.69 Å². The number of benzene rings is 1. The third-order valence-electron chi connectivity index (χ3n) is 3.78.